The van der Waals surface area contributed by atoms with E-state index in [1.165, 1.54) is 0 Å². The fourth-order valence-electron chi connectivity index (χ4n) is 3.20. The van der Waals surface area contributed by atoms with Gasteiger partial charge in [-0.15, -0.1) is 0 Å². The molecule has 2 heterocycles. The molecule has 1 aliphatic heterocycles. The molecule has 1 fully saturated rings. The van der Waals surface area contributed by atoms with E-state index in [1.54, 1.807) is 6.07 Å². The van der Waals surface area contributed by atoms with E-state index in [0.29, 0.717) is 23.1 Å². The van der Waals surface area contributed by atoms with Crippen LogP contribution in [-0.4, -0.2) is 33.9 Å². The van der Waals surface area contributed by atoms with E-state index in [4.69, 9.17) is 28.2 Å². The topological polar surface area (TPSA) is 41.3 Å². The Bertz CT molecular complexity index is 893. The van der Waals surface area contributed by atoms with Gasteiger partial charge in [-0.25, -0.2) is 4.98 Å². The number of aromatic nitrogens is 2. The van der Waals surface area contributed by atoms with Crippen LogP contribution in [0.5, 0.6) is 0 Å². The summed E-state index contributed by atoms with van der Waals surface area (Å²) in [6, 6.07) is 13.6. The SMILES string of the molecule is O[C@H]1CCN(c2nc3ccccc3n2Cc2ccc(Cl)cc2Cl)C1. The minimum absolute atomic E-state index is 0.294. The van der Waals surface area contributed by atoms with Gasteiger partial charge >= 0.3 is 0 Å². The maximum Gasteiger partial charge on any atom is 0.206 e. The summed E-state index contributed by atoms with van der Waals surface area (Å²) in [4.78, 5) is 6.91. The van der Waals surface area contributed by atoms with Gasteiger partial charge in [0.25, 0.3) is 0 Å². The maximum atomic E-state index is 9.88. The number of hydrogen-bond acceptors (Lipinski definition) is 3. The zero-order valence-electron chi connectivity index (χ0n) is 13.0. The van der Waals surface area contributed by atoms with Crippen LogP contribution < -0.4 is 4.90 Å². The lowest BCUT2D eigenvalue weighted by Crippen LogP contribution is -2.25. The molecule has 1 saturated heterocycles. The summed E-state index contributed by atoms with van der Waals surface area (Å²) < 4.78 is 2.16. The molecule has 3 aromatic rings. The van der Waals surface area contributed by atoms with Gasteiger partial charge in [-0.05, 0) is 36.2 Å². The molecule has 0 unspecified atom stereocenters. The molecule has 4 nitrogen and oxygen atoms in total. The number of halogens is 2. The Morgan fingerprint density at radius 2 is 2.00 bits per heavy atom. The molecule has 0 amide bonds. The van der Waals surface area contributed by atoms with E-state index in [0.717, 1.165) is 35.5 Å². The Morgan fingerprint density at radius 1 is 1.17 bits per heavy atom. The Labute approximate surface area is 150 Å². The highest BCUT2D eigenvalue weighted by Gasteiger charge is 2.25. The summed E-state index contributed by atoms with van der Waals surface area (Å²) in [5.74, 6) is 0.874. The third-order valence-corrected chi connectivity index (χ3v) is 5.01. The van der Waals surface area contributed by atoms with Crippen LogP contribution in [0.4, 0.5) is 5.95 Å². The smallest absolute Gasteiger partial charge is 0.206 e. The van der Waals surface area contributed by atoms with Crippen molar-refractivity contribution in [2.75, 3.05) is 18.0 Å². The fraction of sp³-hybridized carbons (Fsp3) is 0.278. The second-order valence-corrected chi connectivity index (χ2v) is 6.95. The molecule has 1 aromatic heterocycles. The molecule has 0 radical (unpaired) electrons. The van der Waals surface area contributed by atoms with Crippen LogP contribution in [0, 0.1) is 0 Å². The van der Waals surface area contributed by atoms with Crippen LogP contribution in [-0.2, 0) is 6.54 Å². The molecular weight excluding hydrogens is 345 g/mol. The molecule has 1 N–H and O–H groups in total. The van der Waals surface area contributed by atoms with Gasteiger partial charge in [0.15, 0.2) is 0 Å². The highest BCUT2D eigenvalue weighted by atomic mass is 35.5. The number of hydrogen-bond donors (Lipinski definition) is 1. The molecule has 0 saturated carbocycles. The van der Waals surface area contributed by atoms with Crippen LogP contribution in [0.1, 0.15) is 12.0 Å². The van der Waals surface area contributed by atoms with Crippen LogP contribution in [0.25, 0.3) is 11.0 Å². The van der Waals surface area contributed by atoms with E-state index < -0.39 is 0 Å². The van der Waals surface area contributed by atoms with Crippen molar-refractivity contribution in [1.82, 2.24) is 9.55 Å². The first-order valence-corrected chi connectivity index (χ1v) is 8.69. The number of benzene rings is 2. The van der Waals surface area contributed by atoms with Crippen molar-refractivity contribution in [2.24, 2.45) is 0 Å². The highest BCUT2D eigenvalue weighted by Crippen LogP contribution is 2.29. The third kappa shape index (κ3) is 2.86. The first-order valence-electron chi connectivity index (χ1n) is 7.94. The summed E-state index contributed by atoms with van der Waals surface area (Å²) in [6.07, 6.45) is 0.475. The molecule has 24 heavy (non-hydrogen) atoms. The van der Waals surface area contributed by atoms with Gasteiger partial charge in [0, 0.05) is 23.1 Å². The third-order valence-electron chi connectivity index (χ3n) is 4.42. The minimum Gasteiger partial charge on any atom is -0.391 e. The molecule has 0 aliphatic carbocycles. The number of fused-ring (bicyclic) bond motifs is 1. The van der Waals surface area contributed by atoms with Crippen molar-refractivity contribution in [3.8, 4) is 0 Å². The lowest BCUT2D eigenvalue weighted by Gasteiger charge is -2.19. The Kier molecular flexibility index (Phi) is 4.12. The molecular formula is C18H17Cl2N3O. The Hall–Kier alpha value is -1.75. The van der Waals surface area contributed by atoms with E-state index in [9.17, 15) is 5.11 Å². The maximum absolute atomic E-state index is 9.88. The second kappa shape index (κ2) is 6.28. The molecule has 1 aliphatic rings. The van der Waals surface area contributed by atoms with Crippen LogP contribution >= 0.6 is 23.2 Å². The standard InChI is InChI=1S/C18H17Cl2N3O/c19-13-6-5-12(15(20)9-13)10-23-17-4-2-1-3-16(17)21-18(23)22-8-7-14(24)11-22/h1-6,9,14,24H,7-8,10-11H2/t14-/m0/s1. The minimum atomic E-state index is -0.294. The predicted molar refractivity (Wildman–Crippen MR) is 98.1 cm³/mol. The average Bonchev–Trinajstić information content (AvgIpc) is 3.14. The summed E-state index contributed by atoms with van der Waals surface area (Å²) in [6.45, 7) is 2.02. The van der Waals surface area contributed by atoms with Crippen molar-refractivity contribution >= 4 is 40.2 Å². The highest BCUT2D eigenvalue weighted by molar-refractivity contribution is 6.35. The van der Waals surface area contributed by atoms with Gasteiger partial charge in [-0.1, -0.05) is 41.4 Å². The number of nitrogens with zero attached hydrogens (tertiary/aromatic N) is 3. The molecule has 4 rings (SSSR count). The molecule has 0 spiro atoms. The van der Waals surface area contributed by atoms with Crippen molar-refractivity contribution in [1.29, 1.82) is 0 Å². The molecule has 0 bridgehead atoms. The van der Waals surface area contributed by atoms with Crippen molar-refractivity contribution in [3.05, 3.63) is 58.1 Å². The zero-order chi connectivity index (χ0) is 16.7. The van der Waals surface area contributed by atoms with Crippen molar-refractivity contribution < 1.29 is 5.11 Å². The number of para-hydroxylation sites is 2. The number of anilines is 1. The quantitative estimate of drug-likeness (QED) is 0.767. The molecule has 124 valence electrons. The van der Waals surface area contributed by atoms with Gasteiger partial charge in [0.1, 0.15) is 0 Å². The summed E-state index contributed by atoms with van der Waals surface area (Å²) in [5, 5.41) is 11.1. The van der Waals surface area contributed by atoms with Crippen LogP contribution in [0.15, 0.2) is 42.5 Å². The van der Waals surface area contributed by atoms with E-state index in [2.05, 4.69) is 15.5 Å². The number of aliphatic hydroxyl groups excluding tert-OH is 1. The predicted octanol–water partition coefficient (Wildman–Crippen LogP) is 3.96. The number of rotatable bonds is 3. The van der Waals surface area contributed by atoms with E-state index in [-0.39, 0.29) is 6.10 Å². The van der Waals surface area contributed by atoms with E-state index in [1.807, 2.05) is 30.3 Å². The fourth-order valence-corrected chi connectivity index (χ4v) is 3.67. The lowest BCUT2D eigenvalue weighted by atomic mass is 10.2. The summed E-state index contributed by atoms with van der Waals surface area (Å²) in [5.41, 5.74) is 2.99. The first-order chi connectivity index (χ1) is 11.6. The number of aliphatic hydroxyl groups is 1. The normalized spacial score (nSPS) is 17.8. The van der Waals surface area contributed by atoms with Crippen LogP contribution in [0.3, 0.4) is 0 Å². The summed E-state index contributed by atoms with van der Waals surface area (Å²) >= 11 is 12.4. The average molecular weight is 362 g/mol. The van der Waals surface area contributed by atoms with Gasteiger partial charge in [0.05, 0.1) is 23.7 Å². The summed E-state index contributed by atoms with van der Waals surface area (Å²) in [7, 11) is 0. The Balaban J connectivity index is 1.80. The number of β-amino-alcohol motifs (C(OH)–C–C–N with tert-alkyl or cyclic N) is 1. The van der Waals surface area contributed by atoms with E-state index >= 15 is 0 Å². The molecule has 2 aromatic carbocycles. The second-order valence-electron chi connectivity index (χ2n) is 6.11. The largest absolute Gasteiger partial charge is 0.391 e. The van der Waals surface area contributed by atoms with Gasteiger partial charge in [-0.3, -0.25) is 0 Å². The van der Waals surface area contributed by atoms with Crippen molar-refractivity contribution in [3.63, 3.8) is 0 Å². The zero-order valence-corrected chi connectivity index (χ0v) is 14.5. The van der Waals surface area contributed by atoms with Crippen LogP contribution in [0.2, 0.25) is 10.0 Å². The monoisotopic (exact) mass is 361 g/mol. The Morgan fingerprint density at radius 3 is 2.75 bits per heavy atom. The lowest BCUT2D eigenvalue weighted by molar-refractivity contribution is 0.198. The van der Waals surface area contributed by atoms with Gasteiger partial charge < -0.3 is 14.6 Å². The molecule has 1 atom stereocenters. The number of imidazole rings is 1. The van der Waals surface area contributed by atoms with Gasteiger partial charge in [-0.2, -0.15) is 0 Å². The van der Waals surface area contributed by atoms with Crippen molar-refractivity contribution in [2.45, 2.75) is 19.1 Å². The first kappa shape index (κ1) is 15.8. The van der Waals surface area contributed by atoms with Gasteiger partial charge in [0.2, 0.25) is 5.95 Å². The molecule has 6 heteroatoms.